The van der Waals surface area contributed by atoms with E-state index in [1.54, 1.807) is 24.3 Å². The average molecular weight is 444 g/mol. The highest BCUT2D eigenvalue weighted by Gasteiger charge is 2.15. The number of aromatic nitrogens is 3. The van der Waals surface area contributed by atoms with Crippen LogP contribution in [0.2, 0.25) is 0 Å². The number of fused-ring (bicyclic) bond motifs is 1. The first kappa shape index (κ1) is 20.2. The molecule has 0 bridgehead atoms. The molecule has 3 aromatic heterocycles. The first-order valence-corrected chi connectivity index (χ1v) is 11.0. The van der Waals surface area contributed by atoms with E-state index in [9.17, 15) is 4.79 Å². The van der Waals surface area contributed by atoms with Gasteiger partial charge in [0.05, 0.1) is 31.1 Å². The molecule has 0 saturated carbocycles. The molecule has 0 amide bonds. The van der Waals surface area contributed by atoms with Gasteiger partial charge in [-0.2, -0.15) is 0 Å². The number of rotatable bonds is 5. The standard InChI is InChI=1S/C25H21N3O3S/c1-15-4-5-18(10-16(15)2)21-13-32-24-22(21)25(29)28(14-26-24)11-19-12-31-23(27-19)17-6-8-20(30-3)9-7-17/h4-10,12-14H,11H2,1-3H3. The number of hydrogen-bond donors (Lipinski definition) is 0. The lowest BCUT2D eigenvalue weighted by Gasteiger charge is -2.06. The molecule has 0 fully saturated rings. The molecule has 32 heavy (non-hydrogen) atoms. The van der Waals surface area contributed by atoms with Crippen LogP contribution in [-0.4, -0.2) is 21.6 Å². The Balaban J connectivity index is 1.49. The van der Waals surface area contributed by atoms with Gasteiger partial charge in [-0.1, -0.05) is 18.2 Å². The average Bonchev–Trinajstić information content (AvgIpc) is 3.45. The van der Waals surface area contributed by atoms with Gasteiger partial charge in [0.25, 0.3) is 5.56 Å². The van der Waals surface area contributed by atoms with E-state index in [0.29, 0.717) is 17.0 Å². The topological polar surface area (TPSA) is 70.2 Å². The van der Waals surface area contributed by atoms with Crippen molar-refractivity contribution in [2.45, 2.75) is 20.4 Å². The lowest BCUT2D eigenvalue weighted by Crippen LogP contribution is -2.21. The van der Waals surface area contributed by atoms with Crippen molar-refractivity contribution in [3.8, 4) is 28.3 Å². The van der Waals surface area contributed by atoms with Gasteiger partial charge in [-0.15, -0.1) is 11.3 Å². The molecule has 0 aliphatic carbocycles. The van der Waals surface area contributed by atoms with Crippen molar-refractivity contribution in [2.24, 2.45) is 0 Å². The second-order valence-electron chi connectivity index (χ2n) is 7.68. The molecule has 3 heterocycles. The largest absolute Gasteiger partial charge is 0.497 e. The minimum atomic E-state index is -0.0847. The number of ether oxygens (including phenoxy) is 1. The van der Waals surface area contributed by atoms with Crippen LogP contribution in [0.1, 0.15) is 16.8 Å². The summed E-state index contributed by atoms with van der Waals surface area (Å²) in [5.41, 5.74) is 5.77. The van der Waals surface area contributed by atoms with E-state index < -0.39 is 0 Å². The van der Waals surface area contributed by atoms with Gasteiger partial charge in [0.1, 0.15) is 16.8 Å². The smallest absolute Gasteiger partial charge is 0.263 e. The third-order valence-electron chi connectivity index (χ3n) is 5.60. The van der Waals surface area contributed by atoms with Crippen molar-refractivity contribution in [2.75, 3.05) is 7.11 Å². The second-order valence-corrected chi connectivity index (χ2v) is 8.54. The quantitative estimate of drug-likeness (QED) is 0.361. The van der Waals surface area contributed by atoms with Gasteiger partial charge >= 0.3 is 0 Å². The third-order valence-corrected chi connectivity index (χ3v) is 6.49. The van der Waals surface area contributed by atoms with Gasteiger partial charge in [-0.25, -0.2) is 9.97 Å². The normalized spacial score (nSPS) is 11.2. The maximum Gasteiger partial charge on any atom is 0.263 e. The van der Waals surface area contributed by atoms with Crippen LogP contribution in [-0.2, 0) is 6.54 Å². The summed E-state index contributed by atoms with van der Waals surface area (Å²) < 4.78 is 12.4. The number of thiophene rings is 1. The van der Waals surface area contributed by atoms with Crippen molar-refractivity contribution < 1.29 is 9.15 Å². The molecule has 0 spiro atoms. The molecule has 0 saturated heterocycles. The molecule has 2 aromatic carbocycles. The zero-order valence-corrected chi connectivity index (χ0v) is 18.8. The molecule has 0 atom stereocenters. The minimum absolute atomic E-state index is 0.0847. The van der Waals surface area contributed by atoms with Gasteiger partial charge < -0.3 is 9.15 Å². The van der Waals surface area contributed by atoms with Crippen molar-refractivity contribution in [1.29, 1.82) is 0 Å². The highest BCUT2D eigenvalue weighted by atomic mass is 32.1. The van der Waals surface area contributed by atoms with E-state index in [1.165, 1.54) is 22.5 Å². The van der Waals surface area contributed by atoms with Crippen LogP contribution in [0.3, 0.4) is 0 Å². The molecule has 5 aromatic rings. The highest BCUT2D eigenvalue weighted by Crippen LogP contribution is 2.31. The maximum atomic E-state index is 13.3. The van der Waals surface area contributed by atoms with Crippen molar-refractivity contribution in [3.63, 3.8) is 0 Å². The van der Waals surface area contributed by atoms with Crippen LogP contribution in [0.5, 0.6) is 5.75 Å². The summed E-state index contributed by atoms with van der Waals surface area (Å²) in [4.78, 5) is 23.1. The fourth-order valence-corrected chi connectivity index (χ4v) is 4.53. The van der Waals surface area contributed by atoms with Crippen molar-refractivity contribution in [1.82, 2.24) is 14.5 Å². The number of nitrogens with zero attached hydrogens (tertiary/aromatic N) is 3. The number of methoxy groups -OCH3 is 1. The highest BCUT2D eigenvalue weighted by molar-refractivity contribution is 7.17. The Labute approximate surface area is 188 Å². The van der Waals surface area contributed by atoms with Crippen LogP contribution in [0.15, 0.2) is 69.6 Å². The van der Waals surface area contributed by atoms with E-state index in [2.05, 4.69) is 42.0 Å². The number of benzene rings is 2. The van der Waals surface area contributed by atoms with E-state index in [1.807, 2.05) is 29.6 Å². The predicted molar refractivity (Wildman–Crippen MR) is 126 cm³/mol. The Morgan fingerprint density at radius 3 is 2.59 bits per heavy atom. The first-order chi connectivity index (χ1) is 15.5. The molecule has 5 rings (SSSR count). The maximum absolute atomic E-state index is 13.3. The molecule has 7 heteroatoms. The second kappa shape index (κ2) is 8.09. The lowest BCUT2D eigenvalue weighted by atomic mass is 10.0. The summed E-state index contributed by atoms with van der Waals surface area (Å²) in [5, 5.41) is 2.64. The Kier molecular flexibility index (Phi) is 5.11. The zero-order chi connectivity index (χ0) is 22.2. The fraction of sp³-hybridized carbons (Fsp3) is 0.160. The van der Waals surface area contributed by atoms with Crippen molar-refractivity contribution in [3.05, 3.63) is 87.6 Å². The van der Waals surface area contributed by atoms with E-state index in [-0.39, 0.29) is 12.1 Å². The van der Waals surface area contributed by atoms with Crippen LogP contribution < -0.4 is 10.3 Å². The number of aryl methyl sites for hydroxylation is 2. The van der Waals surface area contributed by atoms with E-state index >= 15 is 0 Å². The molecular weight excluding hydrogens is 422 g/mol. The molecule has 6 nitrogen and oxygen atoms in total. The van der Waals surface area contributed by atoms with Gasteiger partial charge in [0, 0.05) is 16.5 Å². The van der Waals surface area contributed by atoms with Gasteiger partial charge in [-0.3, -0.25) is 9.36 Å². The van der Waals surface area contributed by atoms with Gasteiger partial charge in [0.15, 0.2) is 0 Å². The molecule has 0 N–H and O–H groups in total. The monoisotopic (exact) mass is 443 g/mol. The van der Waals surface area contributed by atoms with Crippen LogP contribution in [0.4, 0.5) is 0 Å². The van der Waals surface area contributed by atoms with Crippen LogP contribution in [0, 0.1) is 13.8 Å². The summed E-state index contributed by atoms with van der Waals surface area (Å²) in [6, 6.07) is 13.7. The van der Waals surface area contributed by atoms with Gasteiger partial charge in [-0.05, 0) is 54.8 Å². The summed E-state index contributed by atoms with van der Waals surface area (Å²) in [7, 11) is 1.62. The Morgan fingerprint density at radius 2 is 1.84 bits per heavy atom. The fourth-order valence-electron chi connectivity index (χ4n) is 3.62. The third kappa shape index (κ3) is 3.61. The molecule has 0 aliphatic heterocycles. The molecular formula is C25H21N3O3S. The molecule has 0 aliphatic rings. The van der Waals surface area contributed by atoms with E-state index in [0.717, 1.165) is 27.3 Å². The van der Waals surface area contributed by atoms with E-state index in [4.69, 9.17) is 9.15 Å². The molecule has 0 unspecified atom stereocenters. The zero-order valence-electron chi connectivity index (χ0n) is 18.0. The summed E-state index contributed by atoms with van der Waals surface area (Å²) in [5.74, 6) is 1.26. The van der Waals surface area contributed by atoms with Crippen molar-refractivity contribution >= 4 is 21.6 Å². The Bertz CT molecular complexity index is 1480. The Hall–Kier alpha value is -3.71. The SMILES string of the molecule is COc1ccc(-c2nc(Cn3cnc4scc(-c5ccc(C)c(C)c5)c4c3=O)co2)cc1. The lowest BCUT2D eigenvalue weighted by molar-refractivity contribution is 0.415. The summed E-state index contributed by atoms with van der Waals surface area (Å²) >= 11 is 1.48. The first-order valence-electron chi connectivity index (χ1n) is 10.2. The predicted octanol–water partition coefficient (Wildman–Crippen LogP) is 5.45. The van der Waals surface area contributed by atoms with Crippen LogP contribution >= 0.6 is 11.3 Å². The Morgan fingerprint density at radius 1 is 1.06 bits per heavy atom. The molecule has 160 valence electrons. The minimum Gasteiger partial charge on any atom is -0.497 e. The molecule has 0 radical (unpaired) electrons. The number of hydrogen-bond acceptors (Lipinski definition) is 6. The van der Waals surface area contributed by atoms with Crippen LogP contribution in [0.25, 0.3) is 32.8 Å². The summed E-state index contributed by atoms with van der Waals surface area (Å²) in [6.07, 6.45) is 3.15. The summed E-state index contributed by atoms with van der Waals surface area (Å²) in [6.45, 7) is 4.44. The number of oxazole rings is 1. The van der Waals surface area contributed by atoms with Gasteiger partial charge in [0.2, 0.25) is 5.89 Å².